The second-order valence-electron chi connectivity index (χ2n) is 11.0. The van der Waals surface area contributed by atoms with Crippen LogP contribution < -0.4 is 4.74 Å². The van der Waals surface area contributed by atoms with Crippen LogP contribution in [0.4, 0.5) is 5.69 Å². The molecule has 210 valence electrons. The van der Waals surface area contributed by atoms with Gasteiger partial charge in [0.1, 0.15) is 17.2 Å². The standard InChI is InChI=1S/C27H34N2O7S2Si/c1-17(36-39(5,6)27(2,3)4)22-23(30)28(24(22)38-26(37)35-20-10-8-7-9-11-20)21(25(31)32)16-18-12-14-19(15-13-18)29(33)34/h7-15,17,21-22,24H,16H2,1-6H3,(H,31,32). The van der Waals surface area contributed by atoms with Gasteiger partial charge in [-0.3, -0.25) is 14.9 Å². The number of para-hydroxylation sites is 1. The molecule has 2 aromatic carbocycles. The molecule has 0 aliphatic carbocycles. The number of hydrogen-bond acceptors (Lipinski definition) is 8. The van der Waals surface area contributed by atoms with E-state index in [9.17, 15) is 24.8 Å². The second-order valence-corrected chi connectivity index (χ2v) is 17.5. The topological polar surface area (TPSA) is 119 Å². The molecule has 0 radical (unpaired) electrons. The van der Waals surface area contributed by atoms with E-state index in [0.29, 0.717) is 11.3 Å². The molecule has 0 saturated carbocycles. The van der Waals surface area contributed by atoms with E-state index in [1.165, 1.54) is 29.2 Å². The molecule has 1 aliphatic rings. The average molecular weight is 591 g/mol. The lowest BCUT2D eigenvalue weighted by Crippen LogP contribution is -2.69. The third kappa shape index (κ3) is 7.24. The van der Waals surface area contributed by atoms with E-state index in [1.807, 2.05) is 25.1 Å². The molecule has 0 spiro atoms. The van der Waals surface area contributed by atoms with Crippen molar-refractivity contribution in [2.75, 3.05) is 0 Å². The number of amides is 1. The van der Waals surface area contributed by atoms with E-state index in [1.54, 1.807) is 12.1 Å². The van der Waals surface area contributed by atoms with Crippen molar-refractivity contribution in [1.29, 1.82) is 0 Å². The normalized spacial score (nSPS) is 19.1. The Balaban J connectivity index is 1.88. The van der Waals surface area contributed by atoms with Crippen molar-refractivity contribution in [1.82, 2.24) is 4.90 Å². The molecule has 1 amide bonds. The summed E-state index contributed by atoms with van der Waals surface area (Å²) in [5.74, 6) is -1.61. The maximum Gasteiger partial charge on any atom is 0.326 e. The van der Waals surface area contributed by atoms with Crippen LogP contribution in [0, 0.1) is 16.0 Å². The van der Waals surface area contributed by atoms with Crippen molar-refractivity contribution < 1.29 is 28.8 Å². The maximum atomic E-state index is 13.6. The second kappa shape index (κ2) is 12.2. The number of nitrogens with zero attached hydrogens (tertiary/aromatic N) is 2. The Bertz CT molecular complexity index is 1220. The van der Waals surface area contributed by atoms with Gasteiger partial charge in [0.25, 0.3) is 5.69 Å². The number of aliphatic carboxylic acids is 1. The molecule has 12 heteroatoms. The lowest BCUT2D eigenvalue weighted by atomic mass is 9.89. The fourth-order valence-corrected chi connectivity index (χ4v) is 7.12. The van der Waals surface area contributed by atoms with Gasteiger partial charge in [0.15, 0.2) is 8.32 Å². The van der Waals surface area contributed by atoms with Gasteiger partial charge in [-0.05, 0) is 55.0 Å². The summed E-state index contributed by atoms with van der Waals surface area (Å²) in [6.45, 7) is 12.4. The number of carboxylic acids is 1. The highest BCUT2D eigenvalue weighted by Crippen LogP contribution is 2.44. The van der Waals surface area contributed by atoms with Gasteiger partial charge in [-0.2, -0.15) is 0 Å². The van der Waals surface area contributed by atoms with Crippen molar-refractivity contribution in [2.45, 2.75) is 69.8 Å². The van der Waals surface area contributed by atoms with Crippen LogP contribution in [0.1, 0.15) is 33.3 Å². The van der Waals surface area contributed by atoms with Crippen molar-refractivity contribution >= 4 is 54.2 Å². The molecule has 9 nitrogen and oxygen atoms in total. The Labute approximate surface area is 239 Å². The van der Waals surface area contributed by atoms with Crippen LogP contribution in [0.15, 0.2) is 54.6 Å². The summed E-state index contributed by atoms with van der Waals surface area (Å²) in [5.41, 5.74) is 0.459. The molecule has 1 fully saturated rings. The molecule has 0 aromatic heterocycles. The number of non-ortho nitro benzene ring substituents is 1. The molecule has 2 aromatic rings. The Hall–Kier alpha value is -2.80. The summed E-state index contributed by atoms with van der Waals surface area (Å²) in [6.07, 6.45) is -0.493. The molecule has 4 atom stereocenters. The summed E-state index contributed by atoms with van der Waals surface area (Å²) < 4.78 is 12.5. The predicted octanol–water partition coefficient (Wildman–Crippen LogP) is 5.88. The van der Waals surface area contributed by atoms with Crippen molar-refractivity contribution in [3.05, 3.63) is 70.3 Å². The molecule has 39 heavy (non-hydrogen) atoms. The van der Waals surface area contributed by atoms with Crippen LogP contribution in [0.25, 0.3) is 0 Å². The zero-order chi connectivity index (χ0) is 29.1. The number of nitro groups is 1. The average Bonchev–Trinajstić information content (AvgIpc) is 2.83. The van der Waals surface area contributed by atoms with Crippen molar-refractivity contribution in [3.8, 4) is 5.75 Å². The summed E-state index contributed by atoms with van der Waals surface area (Å²) in [6, 6.07) is 13.4. The first-order chi connectivity index (χ1) is 18.1. The number of thiocarbonyl (C=S) groups is 1. The molecule has 1 aliphatic heterocycles. The van der Waals surface area contributed by atoms with Crippen LogP contribution >= 0.6 is 24.0 Å². The number of carbonyl (C=O) groups is 2. The molecule has 1 saturated heterocycles. The number of β-lactam (4-membered cyclic amide) rings is 1. The smallest absolute Gasteiger partial charge is 0.326 e. The Kier molecular flexibility index (Phi) is 9.58. The lowest BCUT2D eigenvalue weighted by Gasteiger charge is -2.52. The van der Waals surface area contributed by atoms with Crippen LogP contribution in [-0.4, -0.2) is 57.0 Å². The minimum atomic E-state index is -2.24. The number of carboxylic acid groups (broad SMARTS) is 1. The quantitative estimate of drug-likeness (QED) is 0.119. The zero-order valence-electron chi connectivity index (χ0n) is 22.8. The van der Waals surface area contributed by atoms with Crippen LogP contribution in [0.2, 0.25) is 18.1 Å². The van der Waals surface area contributed by atoms with Crippen LogP contribution in [0.5, 0.6) is 5.75 Å². The number of thioether (sulfide) groups is 1. The highest BCUT2D eigenvalue weighted by atomic mass is 32.2. The minimum absolute atomic E-state index is 0.0212. The first-order valence-electron chi connectivity index (χ1n) is 12.5. The van der Waals surface area contributed by atoms with Gasteiger partial charge in [-0.15, -0.1) is 0 Å². The fraction of sp³-hybridized carbons (Fsp3) is 0.444. The van der Waals surface area contributed by atoms with E-state index in [4.69, 9.17) is 21.4 Å². The van der Waals surface area contributed by atoms with E-state index >= 15 is 0 Å². The number of benzene rings is 2. The van der Waals surface area contributed by atoms with Crippen LogP contribution in [0.3, 0.4) is 0 Å². The summed E-state index contributed by atoms with van der Waals surface area (Å²) in [5, 5.41) is 20.4. The highest BCUT2D eigenvalue weighted by Gasteiger charge is 2.56. The van der Waals surface area contributed by atoms with E-state index in [2.05, 4.69) is 33.9 Å². The molecule has 0 bridgehead atoms. The number of likely N-dealkylation sites (tertiary alicyclic amines) is 1. The monoisotopic (exact) mass is 590 g/mol. The van der Waals surface area contributed by atoms with Gasteiger partial charge < -0.3 is 19.2 Å². The maximum absolute atomic E-state index is 13.6. The number of carbonyl (C=O) groups excluding carboxylic acids is 1. The van der Waals surface area contributed by atoms with Crippen molar-refractivity contribution in [3.63, 3.8) is 0 Å². The summed E-state index contributed by atoms with van der Waals surface area (Å²) in [4.78, 5) is 37.8. The van der Waals surface area contributed by atoms with Crippen molar-refractivity contribution in [2.24, 2.45) is 5.92 Å². The van der Waals surface area contributed by atoms with E-state index < -0.39 is 42.6 Å². The van der Waals surface area contributed by atoms with E-state index in [-0.39, 0.29) is 27.4 Å². The Morgan fingerprint density at radius 2 is 1.77 bits per heavy atom. The van der Waals surface area contributed by atoms with Gasteiger partial charge in [-0.1, -0.05) is 62.9 Å². The SMILES string of the molecule is CC(O[Si](C)(C)C(C)(C)C)C1C(=O)N(C(Cc2ccc([N+](=O)[O-])cc2)C(=O)O)C1SC(=S)Oc1ccccc1. The predicted molar refractivity (Wildman–Crippen MR) is 157 cm³/mol. The Morgan fingerprint density at radius 3 is 2.28 bits per heavy atom. The third-order valence-electron chi connectivity index (χ3n) is 7.27. The van der Waals surface area contributed by atoms with E-state index in [0.717, 1.165) is 11.8 Å². The molecule has 3 rings (SSSR count). The third-order valence-corrected chi connectivity index (χ3v) is 13.3. The molecule has 1 N–H and O–H groups in total. The first-order valence-corrected chi connectivity index (χ1v) is 16.7. The van der Waals surface area contributed by atoms with Gasteiger partial charge in [0, 0.05) is 18.6 Å². The van der Waals surface area contributed by atoms with Gasteiger partial charge in [0.05, 0.1) is 16.9 Å². The molecular formula is C27H34N2O7S2Si. The molecule has 1 heterocycles. The summed E-state index contributed by atoms with van der Waals surface area (Å²) >= 11 is 6.62. The first kappa shape index (κ1) is 30.7. The number of nitro benzene ring substituents is 1. The Morgan fingerprint density at radius 1 is 1.18 bits per heavy atom. The summed E-state index contributed by atoms with van der Waals surface area (Å²) in [7, 11) is -2.24. The minimum Gasteiger partial charge on any atom is -0.480 e. The lowest BCUT2D eigenvalue weighted by molar-refractivity contribution is -0.384. The fourth-order valence-electron chi connectivity index (χ4n) is 4.11. The number of ether oxygens (including phenoxy) is 1. The number of hydrogen-bond donors (Lipinski definition) is 1. The molecule has 4 unspecified atom stereocenters. The molecular weight excluding hydrogens is 557 g/mol. The van der Waals surface area contributed by atoms with Gasteiger partial charge in [-0.25, -0.2) is 4.79 Å². The van der Waals surface area contributed by atoms with Crippen LogP contribution in [-0.2, 0) is 20.4 Å². The van der Waals surface area contributed by atoms with Gasteiger partial charge in [0.2, 0.25) is 10.3 Å². The highest BCUT2D eigenvalue weighted by molar-refractivity contribution is 8.23. The largest absolute Gasteiger partial charge is 0.480 e. The zero-order valence-corrected chi connectivity index (χ0v) is 25.5. The van der Waals surface area contributed by atoms with Gasteiger partial charge >= 0.3 is 5.97 Å². The number of rotatable bonds is 10.